The fourth-order valence-corrected chi connectivity index (χ4v) is 4.10. The highest BCUT2D eigenvalue weighted by Crippen LogP contribution is 2.34. The molecule has 2 N–H and O–H groups in total. The van der Waals surface area contributed by atoms with Crippen molar-refractivity contribution in [3.05, 3.63) is 77.6 Å². The van der Waals surface area contributed by atoms with Gasteiger partial charge in [-0.2, -0.15) is 5.10 Å². The lowest BCUT2D eigenvalue weighted by Crippen LogP contribution is -2.61. The number of aliphatic hydroxyl groups is 1. The molecule has 0 saturated carbocycles. The van der Waals surface area contributed by atoms with Crippen molar-refractivity contribution in [1.82, 2.24) is 30.0 Å². The molecule has 1 aliphatic rings. The van der Waals surface area contributed by atoms with Gasteiger partial charge in [0, 0.05) is 39.1 Å². The number of hydrogen-bond acceptors (Lipinski definition) is 6. The zero-order chi connectivity index (χ0) is 21.1. The van der Waals surface area contributed by atoms with E-state index in [4.69, 9.17) is 0 Å². The van der Waals surface area contributed by atoms with Crippen molar-refractivity contribution in [3.8, 4) is 0 Å². The first kappa shape index (κ1) is 20.2. The minimum atomic E-state index is -0.885. The first-order valence-electron chi connectivity index (χ1n) is 10.0. The van der Waals surface area contributed by atoms with Gasteiger partial charge in [0.05, 0.1) is 28.6 Å². The van der Waals surface area contributed by atoms with Gasteiger partial charge in [-0.3, -0.25) is 14.4 Å². The van der Waals surface area contributed by atoms with Gasteiger partial charge >= 0.3 is 0 Å². The van der Waals surface area contributed by atoms with Crippen LogP contribution >= 0.6 is 0 Å². The summed E-state index contributed by atoms with van der Waals surface area (Å²) in [7, 11) is 1.91. The SMILES string of the molecule is Cc1ncncc1C(=O)N[C@@]1(c2ccccc2)CCN(Cc2ccnn2C)C[C@H]1O. The lowest BCUT2D eigenvalue weighted by atomic mass is 9.78. The average molecular weight is 406 g/mol. The number of β-amino-alcohol motifs (C(OH)–C–C–N with tert-alkyl or cyclic N) is 1. The molecule has 1 aromatic carbocycles. The highest BCUT2D eigenvalue weighted by atomic mass is 16.3. The Balaban J connectivity index is 1.60. The first-order chi connectivity index (χ1) is 14.5. The predicted molar refractivity (Wildman–Crippen MR) is 111 cm³/mol. The molecule has 0 spiro atoms. The zero-order valence-electron chi connectivity index (χ0n) is 17.2. The summed E-state index contributed by atoms with van der Waals surface area (Å²) in [6, 6.07) is 11.7. The van der Waals surface area contributed by atoms with Crippen LogP contribution in [0, 0.1) is 6.92 Å². The molecule has 4 rings (SSSR count). The fourth-order valence-electron chi connectivity index (χ4n) is 4.10. The third kappa shape index (κ3) is 3.83. The van der Waals surface area contributed by atoms with Crippen LogP contribution in [0.3, 0.4) is 0 Å². The molecule has 30 heavy (non-hydrogen) atoms. The van der Waals surface area contributed by atoms with E-state index in [0.717, 1.165) is 17.8 Å². The summed E-state index contributed by atoms with van der Waals surface area (Å²) in [6.07, 6.45) is 4.50. The Hall–Kier alpha value is -3.10. The minimum Gasteiger partial charge on any atom is -0.389 e. The maximum absolute atomic E-state index is 13.1. The van der Waals surface area contributed by atoms with Gasteiger partial charge in [-0.05, 0) is 25.0 Å². The summed E-state index contributed by atoms with van der Waals surface area (Å²) in [6.45, 7) is 3.63. The van der Waals surface area contributed by atoms with Crippen molar-refractivity contribution < 1.29 is 9.90 Å². The van der Waals surface area contributed by atoms with E-state index < -0.39 is 11.6 Å². The highest BCUT2D eigenvalue weighted by molar-refractivity contribution is 5.95. The van der Waals surface area contributed by atoms with Crippen LogP contribution in [0.1, 0.15) is 33.7 Å². The van der Waals surface area contributed by atoms with Crippen LogP contribution in [-0.4, -0.2) is 54.9 Å². The van der Waals surface area contributed by atoms with E-state index in [1.54, 1.807) is 13.1 Å². The monoisotopic (exact) mass is 406 g/mol. The lowest BCUT2D eigenvalue weighted by Gasteiger charge is -2.46. The number of aromatic nitrogens is 4. The van der Waals surface area contributed by atoms with Gasteiger partial charge < -0.3 is 10.4 Å². The molecule has 3 aromatic rings. The van der Waals surface area contributed by atoms with Crippen molar-refractivity contribution in [2.75, 3.05) is 13.1 Å². The van der Waals surface area contributed by atoms with Crippen molar-refractivity contribution in [1.29, 1.82) is 0 Å². The normalized spacial score (nSPS) is 22.0. The van der Waals surface area contributed by atoms with Gasteiger partial charge in [0.2, 0.25) is 0 Å². The van der Waals surface area contributed by atoms with E-state index >= 15 is 0 Å². The summed E-state index contributed by atoms with van der Waals surface area (Å²) in [5, 5.41) is 18.6. The Morgan fingerprint density at radius 1 is 1.30 bits per heavy atom. The number of nitrogens with one attached hydrogen (secondary N) is 1. The van der Waals surface area contributed by atoms with E-state index in [9.17, 15) is 9.90 Å². The van der Waals surface area contributed by atoms with Crippen LogP contribution in [0.4, 0.5) is 0 Å². The summed E-state index contributed by atoms with van der Waals surface area (Å²) in [5.41, 5.74) is 2.10. The third-order valence-electron chi connectivity index (χ3n) is 5.91. The Morgan fingerprint density at radius 2 is 2.10 bits per heavy atom. The van der Waals surface area contributed by atoms with Crippen molar-refractivity contribution >= 4 is 5.91 Å². The molecule has 1 saturated heterocycles. The van der Waals surface area contributed by atoms with E-state index in [0.29, 0.717) is 30.8 Å². The van der Waals surface area contributed by atoms with E-state index in [1.807, 2.05) is 48.1 Å². The van der Waals surface area contributed by atoms with Crippen LogP contribution in [0.15, 0.2) is 55.1 Å². The largest absolute Gasteiger partial charge is 0.389 e. The Morgan fingerprint density at radius 3 is 2.77 bits per heavy atom. The molecule has 1 aliphatic heterocycles. The maximum Gasteiger partial charge on any atom is 0.255 e. The summed E-state index contributed by atoms with van der Waals surface area (Å²) in [4.78, 5) is 23.4. The number of benzene rings is 1. The highest BCUT2D eigenvalue weighted by Gasteiger charge is 2.45. The second-order valence-electron chi connectivity index (χ2n) is 7.76. The van der Waals surface area contributed by atoms with Crippen LogP contribution in [-0.2, 0) is 19.1 Å². The number of carbonyl (C=O) groups excluding carboxylic acids is 1. The number of carbonyl (C=O) groups is 1. The Bertz CT molecular complexity index is 1020. The van der Waals surface area contributed by atoms with Gasteiger partial charge in [0.1, 0.15) is 6.33 Å². The van der Waals surface area contributed by atoms with Crippen LogP contribution < -0.4 is 5.32 Å². The number of piperidine rings is 1. The number of hydrogen-bond donors (Lipinski definition) is 2. The number of rotatable bonds is 5. The fraction of sp³-hybridized carbons (Fsp3) is 0.364. The van der Waals surface area contributed by atoms with Crippen LogP contribution in [0.2, 0.25) is 0 Å². The number of nitrogens with zero attached hydrogens (tertiary/aromatic N) is 5. The number of aliphatic hydroxyl groups excluding tert-OH is 1. The molecule has 1 fully saturated rings. The molecule has 0 bridgehead atoms. The van der Waals surface area contributed by atoms with Gasteiger partial charge in [0.15, 0.2) is 0 Å². The molecule has 8 heteroatoms. The quantitative estimate of drug-likeness (QED) is 0.665. The molecule has 0 unspecified atom stereocenters. The second-order valence-corrected chi connectivity index (χ2v) is 7.76. The summed E-state index contributed by atoms with van der Waals surface area (Å²) in [5.74, 6) is -0.281. The van der Waals surface area contributed by atoms with Crippen LogP contribution in [0.25, 0.3) is 0 Å². The molecule has 0 aliphatic carbocycles. The molecular formula is C22H26N6O2. The summed E-state index contributed by atoms with van der Waals surface area (Å²) >= 11 is 0. The number of likely N-dealkylation sites (tertiary alicyclic amines) is 1. The predicted octanol–water partition coefficient (Wildman–Crippen LogP) is 1.41. The Labute approximate surface area is 175 Å². The van der Waals surface area contributed by atoms with E-state index in [2.05, 4.69) is 25.3 Å². The third-order valence-corrected chi connectivity index (χ3v) is 5.91. The second kappa shape index (κ2) is 8.33. The molecule has 0 radical (unpaired) electrons. The van der Waals surface area contributed by atoms with E-state index in [1.165, 1.54) is 12.5 Å². The van der Waals surface area contributed by atoms with Gasteiger partial charge in [-0.15, -0.1) is 0 Å². The smallest absolute Gasteiger partial charge is 0.255 e. The topological polar surface area (TPSA) is 96.2 Å². The van der Waals surface area contributed by atoms with Gasteiger partial charge in [-0.25, -0.2) is 9.97 Å². The van der Waals surface area contributed by atoms with Crippen molar-refractivity contribution in [3.63, 3.8) is 0 Å². The summed E-state index contributed by atoms with van der Waals surface area (Å²) < 4.78 is 1.84. The lowest BCUT2D eigenvalue weighted by molar-refractivity contribution is -0.0187. The van der Waals surface area contributed by atoms with Crippen LogP contribution in [0.5, 0.6) is 0 Å². The standard InChI is InChI=1S/C22H26N6O2/c1-16-19(12-23-15-24-16)21(30)26-22(17-6-4-3-5-7-17)9-11-28(14-20(22)29)13-18-8-10-25-27(18)2/h3-8,10,12,15,20,29H,9,11,13-14H2,1-2H3,(H,26,30)/t20-,22-/m1/s1. The molecule has 156 valence electrons. The van der Waals surface area contributed by atoms with Crippen molar-refractivity contribution in [2.24, 2.45) is 7.05 Å². The van der Waals surface area contributed by atoms with Crippen molar-refractivity contribution in [2.45, 2.75) is 31.5 Å². The molecule has 1 amide bonds. The number of aryl methyl sites for hydroxylation is 2. The maximum atomic E-state index is 13.1. The minimum absolute atomic E-state index is 0.281. The average Bonchev–Trinajstić information content (AvgIpc) is 3.15. The molecule has 2 aromatic heterocycles. The van der Waals surface area contributed by atoms with Gasteiger partial charge in [0.25, 0.3) is 5.91 Å². The van der Waals surface area contributed by atoms with E-state index in [-0.39, 0.29) is 5.91 Å². The first-order valence-corrected chi connectivity index (χ1v) is 10.0. The molecule has 8 nitrogen and oxygen atoms in total. The number of amides is 1. The Kier molecular flexibility index (Phi) is 5.61. The molecule has 3 heterocycles. The molecular weight excluding hydrogens is 380 g/mol. The molecule has 2 atom stereocenters. The van der Waals surface area contributed by atoms with Gasteiger partial charge in [-0.1, -0.05) is 30.3 Å². The zero-order valence-corrected chi connectivity index (χ0v) is 17.2.